The number of piperidine rings is 1. The molecule has 3 aliphatic carbocycles. The summed E-state index contributed by atoms with van der Waals surface area (Å²) < 4.78 is 63.8. The molecule has 0 bridgehead atoms. The molecule has 3 aliphatic heterocycles. The Morgan fingerprint density at radius 3 is 2.60 bits per heavy atom. The Kier molecular flexibility index (Phi) is 14.4. The molecule has 0 radical (unpaired) electrons. The summed E-state index contributed by atoms with van der Waals surface area (Å²) in [6.07, 6.45) is 13.8. The van der Waals surface area contributed by atoms with E-state index in [0.717, 1.165) is 83.1 Å². The number of nitroso groups, excluding NO2 is 1. The second kappa shape index (κ2) is 21.4. The summed E-state index contributed by atoms with van der Waals surface area (Å²) in [5.41, 5.74) is 5.48. The molecule has 2 aromatic carbocycles. The van der Waals surface area contributed by atoms with Gasteiger partial charge in [0.1, 0.15) is 39.1 Å². The molecule has 6 aliphatic rings. The first-order valence-electron chi connectivity index (χ1n) is 28.0. The zero-order valence-electron chi connectivity index (χ0n) is 45.6. The lowest BCUT2D eigenvalue weighted by Crippen LogP contribution is -2.60. The fraction of sp³-hybridized carbons (Fsp3) is 0.475. The number of pyridine rings is 3. The van der Waals surface area contributed by atoms with Crippen LogP contribution in [-0.4, -0.2) is 119 Å². The van der Waals surface area contributed by atoms with Crippen molar-refractivity contribution in [2.45, 2.75) is 120 Å². The summed E-state index contributed by atoms with van der Waals surface area (Å²) in [4.78, 5) is 54.9. The van der Waals surface area contributed by atoms with E-state index in [1.165, 1.54) is 54.0 Å². The summed E-state index contributed by atoms with van der Waals surface area (Å²) in [6, 6.07) is 15.9. The number of H-pyrrole nitrogens is 1. The number of ether oxygens (including phenoxy) is 3. The van der Waals surface area contributed by atoms with Crippen LogP contribution in [0.3, 0.4) is 0 Å². The quantitative estimate of drug-likeness (QED) is 0.0661. The molecular weight excluding hydrogens is 1040 g/mol. The van der Waals surface area contributed by atoms with E-state index in [2.05, 4.69) is 94.0 Å². The molecule has 12 rings (SSSR count). The number of anilines is 2. The Morgan fingerprint density at radius 2 is 1.82 bits per heavy atom. The van der Waals surface area contributed by atoms with E-state index in [-0.39, 0.29) is 74.7 Å². The van der Waals surface area contributed by atoms with Crippen LogP contribution in [0.4, 0.5) is 21.6 Å². The maximum atomic E-state index is 15.1. The molecule has 4 fully saturated rings. The summed E-state index contributed by atoms with van der Waals surface area (Å²) in [7, 11) is -3.35. The molecule has 420 valence electrons. The maximum Gasteiger partial charge on any atom is 0.270 e. The average Bonchev–Trinajstić information content (AvgIpc) is 4.29. The van der Waals surface area contributed by atoms with Crippen LogP contribution in [0.2, 0.25) is 0 Å². The zero-order chi connectivity index (χ0) is 55.5. The number of fused-ring (bicyclic) bond motifs is 3. The normalized spacial score (nSPS) is 22.1. The number of amides is 1. The molecule has 0 unspecified atom stereocenters. The standard InChI is InChI=1S/C59H68FN11O8S/c1-35(2)39-7-5-6-8-41(39)47-33-69(32-37-13-19-61-56-40(37)14-24-78-56)22-23-71(47)38-28-59(29-38)17-20-70(21-18-59)51-27-48(79-49-25-42-44(60)9-10-45(42)66-57(49)77-4)43(31-62-51)55(72)68-80(75,76)50-26-46(67-74)52(54-53(50)64-34-65-54)63-30-36-11-15-58(3,73)16-12-36/h5-9,13,19,25-27,31,34-36,38,47,63,73H,10-12,14-18,20-24,28-30,32-33H2,1-4H3,(H,64,65)(H,68,72)/t36-,47-,58-/m0/s1. The number of hydrogen-bond acceptors (Lipinski definition) is 17. The lowest BCUT2D eigenvalue weighted by molar-refractivity contribution is -0.0628. The smallest absolute Gasteiger partial charge is 0.270 e. The number of imidazole rings is 1. The number of rotatable bonds is 16. The number of nitrogens with zero attached hydrogens (tertiary/aromatic N) is 8. The van der Waals surface area contributed by atoms with E-state index < -0.39 is 32.3 Å². The number of nitrogens with one attached hydrogen (secondary N) is 3. The molecule has 1 atom stereocenters. The van der Waals surface area contributed by atoms with Crippen molar-refractivity contribution in [3.05, 3.63) is 117 Å². The zero-order valence-corrected chi connectivity index (χ0v) is 46.5. The Labute approximate surface area is 464 Å². The van der Waals surface area contributed by atoms with Crippen LogP contribution in [0.5, 0.6) is 23.3 Å². The van der Waals surface area contributed by atoms with Crippen LogP contribution in [0.1, 0.15) is 128 Å². The lowest BCUT2D eigenvalue weighted by atomic mass is 9.59. The number of aromatic nitrogens is 5. The van der Waals surface area contributed by atoms with E-state index in [4.69, 9.17) is 19.2 Å². The summed E-state index contributed by atoms with van der Waals surface area (Å²) in [6.45, 7) is 12.6. The Balaban J connectivity index is 0.774. The van der Waals surface area contributed by atoms with Crippen LogP contribution < -0.4 is 29.1 Å². The largest absolute Gasteiger partial charge is 0.478 e. The molecule has 19 nitrogen and oxygen atoms in total. The van der Waals surface area contributed by atoms with Gasteiger partial charge in [-0.15, -0.1) is 4.91 Å². The van der Waals surface area contributed by atoms with Gasteiger partial charge in [-0.25, -0.2) is 37.5 Å². The Hall–Kier alpha value is -7.07. The minimum absolute atomic E-state index is 0.0103. The van der Waals surface area contributed by atoms with Gasteiger partial charge in [0.15, 0.2) is 5.75 Å². The minimum atomic E-state index is -4.75. The third kappa shape index (κ3) is 10.4. The lowest BCUT2D eigenvalue weighted by Gasteiger charge is -2.58. The van der Waals surface area contributed by atoms with E-state index >= 15 is 4.39 Å². The van der Waals surface area contributed by atoms with Gasteiger partial charge < -0.3 is 34.5 Å². The number of benzene rings is 2. The third-order valence-electron chi connectivity index (χ3n) is 17.8. The molecule has 6 aromatic rings. The number of methoxy groups -OCH3 is 1. The number of allylic oxidation sites excluding steroid dienone is 1. The molecule has 2 saturated carbocycles. The number of hydrogen-bond donors (Lipinski definition) is 4. The van der Waals surface area contributed by atoms with Gasteiger partial charge in [0.25, 0.3) is 21.8 Å². The highest BCUT2D eigenvalue weighted by atomic mass is 32.2. The molecule has 4 N–H and O–H groups in total. The van der Waals surface area contributed by atoms with E-state index in [0.29, 0.717) is 62.6 Å². The first kappa shape index (κ1) is 53.6. The van der Waals surface area contributed by atoms with Crippen LogP contribution in [0.15, 0.2) is 83.4 Å². The molecule has 4 aromatic heterocycles. The van der Waals surface area contributed by atoms with E-state index in [9.17, 15) is 23.2 Å². The highest BCUT2D eigenvalue weighted by molar-refractivity contribution is 7.90. The molecule has 7 heterocycles. The molecule has 1 amide bonds. The van der Waals surface area contributed by atoms with Crippen molar-refractivity contribution in [2.24, 2.45) is 16.5 Å². The monoisotopic (exact) mass is 1110 g/mol. The fourth-order valence-corrected chi connectivity index (χ4v) is 14.4. The van der Waals surface area contributed by atoms with Gasteiger partial charge in [-0.1, -0.05) is 38.1 Å². The number of piperazine rings is 1. The van der Waals surface area contributed by atoms with Gasteiger partial charge in [-0.2, -0.15) is 0 Å². The van der Waals surface area contributed by atoms with Gasteiger partial charge in [-0.05, 0) is 122 Å². The van der Waals surface area contributed by atoms with Crippen molar-refractivity contribution < 1.29 is 36.9 Å². The number of carbonyl (C=O) groups is 1. The van der Waals surface area contributed by atoms with Gasteiger partial charge in [-0.3, -0.25) is 14.6 Å². The second-order valence-corrected chi connectivity index (χ2v) is 25.0. The van der Waals surface area contributed by atoms with Crippen LogP contribution in [0.25, 0.3) is 16.9 Å². The van der Waals surface area contributed by atoms with E-state index in [1.807, 2.05) is 13.1 Å². The van der Waals surface area contributed by atoms with E-state index in [1.54, 1.807) is 6.07 Å². The van der Waals surface area contributed by atoms with Crippen LogP contribution in [-0.2, 0) is 29.4 Å². The van der Waals surface area contributed by atoms with Crippen molar-refractivity contribution in [3.8, 4) is 23.3 Å². The van der Waals surface area contributed by atoms with Crippen molar-refractivity contribution >= 4 is 50.0 Å². The average molecular weight is 1110 g/mol. The Morgan fingerprint density at radius 1 is 1.02 bits per heavy atom. The van der Waals surface area contributed by atoms with Crippen molar-refractivity contribution in [1.29, 1.82) is 0 Å². The number of carbonyl (C=O) groups excluding carboxylic acids is 1. The highest BCUT2D eigenvalue weighted by Gasteiger charge is 2.50. The molecule has 80 heavy (non-hydrogen) atoms. The van der Waals surface area contributed by atoms with Crippen molar-refractivity contribution in [1.82, 2.24) is 39.4 Å². The second-order valence-electron chi connectivity index (χ2n) is 23.3. The Bertz CT molecular complexity index is 3510. The van der Waals surface area contributed by atoms with Crippen molar-refractivity contribution in [3.63, 3.8) is 0 Å². The highest BCUT2D eigenvalue weighted by Crippen LogP contribution is 2.54. The minimum Gasteiger partial charge on any atom is -0.478 e. The number of halogens is 1. The maximum absolute atomic E-state index is 15.1. The molecular formula is C59H68FN11O8S. The fourth-order valence-electron chi connectivity index (χ4n) is 13.3. The van der Waals surface area contributed by atoms with Gasteiger partial charge in [0.2, 0.25) is 5.88 Å². The van der Waals surface area contributed by atoms with Gasteiger partial charge in [0.05, 0.1) is 42.5 Å². The first-order valence-corrected chi connectivity index (χ1v) is 29.5. The summed E-state index contributed by atoms with van der Waals surface area (Å²) in [5.74, 6) is 0.308. The number of sulfonamides is 1. The van der Waals surface area contributed by atoms with Gasteiger partial charge in [0, 0.05) is 100 Å². The van der Waals surface area contributed by atoms with Crippen molar-refractivity contribution in [2.75, 3.05) is 63.2 Å². The van der Waals surface area contributed by atoms with Crippen LogP contribution in [0, 0.1) is 16.2 Å². The predicted octanol–water partition coefficient (Wildman–Crippen LogP) is 9.65. The van der Waals surface area contributed by atoms with Crippen LogP contribution >= 0.6 is 0 Å². The molecule has 21 heteroatoms. The topological polar surface area (TPSA) is 230 Å². The molecule has 2 saturated heterocycles. The number of aliphatic hydroxyl groups is 1. The molecule has 1 spiro atoms. The first-order chi connectivity index (χ1) is 38.6. The predicted molar refractivity (Wildman–Crippen MR) is 301 cm³/mol. The summed E-state index contributed by atoms with van der Waals surface area (Å²) in [5, 5.41) is 16.9. The third-order valence-corrected chi connectivity index (χ3v) is 19.2. The number of aromatic amines is 1. The SMILES string of the molecule is COc1nc2c(cc1Oc1cc(N3CCC4(CC3)CC(N3CCN(Cc5ccnc6c5CCO6)C[C@H]3c3ccccc3C(C)C)C4)ncc1C(=O)NS(=O)(=O)c1cc(N=O)c(NC[C@H]3CC[C@](C)(O)CC3)c3[nH]cnc13)C(F)=CC2. The summed E-state index contributed by atoms with van der Waals surface area (Å²) >= 11 is 0. The van der Waals surface area contributed by atoms with Gasteiger partial charge >= 0.3 is 0 Å².